The first-order valence-corrected chi connectivity index (χ1v) is 9.23. The molecule has 0 unspecified atom stereocenters. The molecule has 24 heavy (non-hydrogen) atoms. The lowest BCUT2D eigenvalue weighted by molar-refractivity contribution is 0.504. The van der Waals surface area contributed by atoms with Crippen LogP contribution < -0.4 is 9.62 Å². The van der Waals surface area contributed by atoms with E-state index in [0.29, 0.717) is 12.5 Å². The SMILES string of the molecule is O=S(=O)(NCCCN1CCc2ccccc21)c1ccc(F)c(F)c1. The van der Waals surface area contributed by atoms with E-state index in [4.69, 9.17) is 0 Å². The van der Waals surface area contributed by atoms with Crippen molar-refractivity contribution in [1.82, 2.24) is 4.72 Å². The number of fused-ring (bicyclic) bond motifs is 1. The molecule has 3 rings (SSSR count). The van der Waals surface area contributed by atoms with Crippen LogP contribution in [0.2, 0.25) is 0 Å². The third kappa shape index (κ3) is 3.57. The van der Waals surface area contributed by atoms with E-state index in [2.05, 4.69) is 21.8 Å². The van der Waals surface area contributed by atoms with Gasteiger partial charge in [-0.05, 0) is 42.7 Å². The highest BCUT2D eigenvalue weighted by Crippen LogP contribution is 2.27. The van der Waals surface area contributed by atoms with Crippen molar-refractivity contribution in [1.29, 1.82) is 0 Å². The van der Waals surface area contributed by atoms with Gasteiger partial charge in [0.25, 0.3) is 0 Å². The molecule has 1 aliphatic rings. The number of hydrogen-bond acceptors (Lipinski definition) is 3. The van der Waals surface area contributed by atoms with Crippen molar-refractivity contribution in [2.75, 3.05) is 24.5 Å². The Morgan fingerprint density at radius 2 is 1.88 bits per heavy atom. The lowest BCUT2D eigenvalue weighted by atomic mass is 10.2. The fraction of sp³-hybridized carbons (Fsp3) is 0.294. The molecule has 0 bridgehead atoms. The van der Waals surface area contributed by atoms with Crippen molar-refractivity contribution in [2.24, 2.45) is 0 Å². The molecule has 0 fully saturated rings. The Balaban J connectivity index is 1.54. The van der Waals surface area contributed by atoms with E-state index < -0.39 is 21.7 Å². The molecule has 0 spiro atoms. The zero-order valence-corrected chi connectivity index (χ0v) is 13.8. The van der Waals surface area contributed by atoms with Crippen molar-refractivity contribution in [3.63, 3.8) is 0 Å². The van der Waals surface area contributed by atoms with Crippen LogP contribution >= 0.6 is 0 Å². The van der Waals surface area contributed by atoms with Gasteiger partial charge in [0.1, 0.15) is 0 Å². The molecule has 0 saturated heterocycles. The minimum absolute atomic E-state index is 0.236. The molecular formula is C17H18F2N2O2S. The monoisotopic (exact) mass is 352 g/mol. The molecule has 0 radical (unpaired) electrons. The van der Waals surface area contributed by atoms with Crippen molar-refractivity contribution >= 4 is 15.7 Å². The molecule has 1 heterocycles. The first-order chi connectivity index (χ1) is 11.5. The van der Waals surface area contributed by atoms with Gasteiger partial charge in [-0.15, -0.1) is 0 Å². The van der Waals surface area contributed by atoms with Gasteiger partial charge in [0.05, 0.1) is 4.90 Å². The molecule has 128 valence electrons. The number of halogens is 2. The van der Waals surface area contributed by atoms with Crippen LogP contribution in [-0.4, -0.2) is 28.1 Å². The van der Waals surface area contributed by atoms with Crippen molar-refractivity contribution in [3.05, 3.63) is 59.7 Å². The van der Waals surface area contributed by atoms with E-state index in [1.807, 2.05) is 12.1 Å². The Bertz CT molecular complexity index is 840. The zero-order valence-electron chi connectivity index (χ0n) is 13.0. The number of para-hydroxylation sites is 1. The summed E-state index contributed by atoms with van der Waals surface area (Å²) in [6.07, 6.45) is 1.62. The largest absolute Gasteiger partial charge is 0.371 e. The Morgan fingerprint density at radius 3 is 2.67 bits per heavy atom. The van der Waals surface area contributed by atoms with Gasteiger partial charge < -0.3 is 4.90 Å². The van der Waals surface area contributed by atoms with Gasteiger partial charge in [0.15, 0.2) is 11.6 Å². The summed E-state index contributed by atoms with van der Waals surface area (Å²) < 4.78 is 52.6. The van der Waals surface area contributed by atoms with Gasteiger partial charge >= 0.3 is 0 Å². The molecule has 1 aliphatic heterocycles. The highest BCUT2D eigenvalue weighted by molar-refractivity contribution is 7.89. The minimum Gasteiger partial charge on any atom is -0.371 e. The molecule has 1 N–H and O–H groups in total. The van der Waals surface area contributed by atoms with Gasteiger partial charge in [-0.1, -0.05) is 18.2 Å². The summed E-state index contributed by atoms with van der Waals surface area (Å²) >= 11 is 0. The van der Waals surface area contributed by atoms with Crippen LogP contribution in [0.3, 0.4) is 0 Å². The maximum absolute atomic E-state index is 13.2. The quantitative estimate of drug-likeness (QED) is 0.814. The molecule has 0 saturated carbocycles. The van der Waals surface area contributed by atoms with E-state index >= 15 is 0 Å². The van der Waals surface area contributed by atoms with Crippen LogP contribution in [0.5, 0.6) is 0 Å². The predicted molar refractivity (Wildman–Crippen MR) is 88.5 cm³/mol. The maximum Gasteiger partial charge on any atom is 0.240 e. The lowest BCUT2D eigenvalue weighted by Crippen LogP contribution is -2.29. The van der Waals surface area contributed by atoms with E-state index in [1.165, 1.54) is 11.3 Å². The predicted octanol–water partition coefficient (Wildman–Crippen LogP) is 2.70. The summed E-state index contributed by atoms with van der Waals surface area (Å²) in [5, 5.41) is 0. The van der Waals surface area contributed by atoms with Gasteiger partial charge in [-0.3, -0.25) is 0 Å². The average Bonchev–Trinajstić information content (AvgIpc) is 2.97. The topological polar surface area (TPSA) is 49.4 Å². The minimum atomic E-state index is -3.83. The summed E-state index contributed by atoms with van der Waals surface area (Å²) in [6, 6.07) is 10.7. The Hall–Kier alpha value is -1.99. The van der Waals surface area contributed by atoms with Crippen LogP contribution in [0.4, 0.5) is 14.5 Å². The normalized spacial score (nSPS) is 14.0. The highest BCUT2D eigenvalue weighted by Gasteiger charge is 2.19. The van der Waals surface area contributed by atoms with E-state index in [1.54, 1.807) is 0 Å². The fourth-order valence-electron chi connectivity index (χ4n) is 2.84. The van der Waals surface area contributed by atoms with Crippen LogP contribution in [-0.2, 0) is 16.4 Å². The van der Waals surface area contributed by atoms with Gasteiger partial charge in [-0.25, -0.2) is 21.9 Å². The standard InChI is InChI=1S/C17H18F2N2O2S/c18-15-7-6-14(12-16(15)19)24(22,23)20-9-3-10-21-11-8-13-4-1-2-5-17(13)21/h1-2,4-7,12,20H,3,8-11H2. The summed E-state index contributed by atoms with van der Waals surface area (Å²) in [5.74, 6) is -2.24. The number of sulfonamides is 1. The van der Waals surface area contributed by atoms with Crippen LogP contribution in [0.25, 0.3) is 0 Å². The number of anilines is 1. The number of nitrogens with one attached hydrogen (secondary N) is 1. The fourth-order valence-corrected chi connectivity index (χ4v) is 3.93. The Kier molecular flexibility index (Phi) is 4.82. The third-order valence-corrected chi connectivity index (χ3v) is 5.54. The number of rotatable bonds is 6. The summed E-state index contributed by atoms with van der Waals surface area (Å²) in [4.78, 5) is 1.95. The molecule has 4 nitrogen and oxygen atoms in total. The molecule has 0 aromatic heterocycles. The van der Waals surface area contributed by atoms with Crippen molar-refractivity contribution in [3.8, 4) is 0 Å². The number of hydrogen-bond donors (Lipinski definition) is 1. The highest BCUT2D eigenvalue weighted by atomic mass is 32.2. The zero-order chi connectivity index (χ0) is 17.2. The maximum atomic E-state index is 13.2. The van der Waals surface area contributed by atoms with Crippen molar-refractivity contribution in [2.45, 2.75) is 17.7 Å². The van der Waals surface area contributed by atoms with Crippen molar-refractivity contribution < 1.29 is 17.2 Å². The first kappa shape index (κ1) is 16.9. The second-order valence-corrected chi connectivity index (χ2v) is 7.46. The Labute approximate surface area is 140 Å². The van der Waals surface area contributed by atoms with E-state index in [0.717, 1.165) is 31.6 Å². The average molecular weight is 352 g/mol. The van der Waals surface area contributed by atoms with Crippen LogP contribution in [0.15, 0.2) is 47.4 Å². The molecule has 2 aromatic rings. The molecular weight excluding hydrogens is 334 g/mol. The molecule has 0 aliphatic carbocycles. The summed E-state index contributed by atoms with van der Waals surface area (Å²) in [6.45, 7) is 1.90. The molecule has 0 amide bonds. The lowest BCUT2D eigenvalue weighted by Gasteiger charge is -2.19. The number of benzene rings is 2. The van der Waals surface area contributed by atoms with Gasteiger partial charge in [0, 0.05) is 25.3 Å². The second-order valence-electron chi connectivity index (χ2n) is 5.69. The smallest absolute Gasteiger partial charge is 0.240 e. The number of nitrogens with zero attached hydrogens (tertiary/aromatic N) is 1. The second kappa shape index (κ2) is 6.86. The molecule has 7 heteroatoms. The van der Waals surface area contributed by atoms with Crippen LogP contribution in [0, 0.1) is 11.6 Å². The first-order valence-electron chi connectivity index (χ1n) is 7.75. The molecule has 2 aromatic carbocycles. The third-order valence-electron chi connectivity index (χ3n) is 4.08. The van der Waals surface area contributed by atoms with Gasteiger partial charge in [-0.2, -0.15) is 0 Å². The summed E-state index contributed by atoms with van der Waals surface area (Å²) in [5.41, 5.74) is 2.50. The van der Waals surface area contributed by atoms with Crippen LogP contribution in [0.1, 0.15) is 12.0 Å². The summed E-state index contributed by atoms with van der Waals surface area (Å²) in [7, 11) is -3.83. The Morgan fingerprint density at radius 1 is 1.08 bits per heavy atom. The van der Waals surface area contributed by atoms with E-state index in [-0.39, 0.29) is 11.4 Å². The molecule has 0 atom stereocenters. The van der Waals surface area contributed by atoms with E-state index in [9.17, 15) is 17.2 Å². The van der Waals surface area contributed by atoms with Gasteiger partial charge in [0.2, 0.25) is 10.0 Å².